The zero-order chi connectivity index (χ0) is 20.5. The Morgan fingerprint density at radius 2 is 2.03 bits per heavy atom. The summed E-state index contributed by atoms with van der Waals surface area (Å²) in [7, 11) is 1.50. The van der Waals surface area contributed by atoms with Gasteiger partial charge in [0.25, 0.3) is 11.8 Å². The number of fused-ring (bicyclic) bond motifs is 1. The molecule has 0 radical (unpaired) electrons. The Hall–Kier alpha value is -2.48. The smallest absolute Gasteiger partial charge is 0.266 e. The predicted octanol–water partition coefficient (Wildman–Crippen LogP) is 4.98. The van der Waals surface area contributed by atoms with Crippen molar-refractivity contribution in [2.45, 2.75) is 25.5 Å². The van der Waals surface area contributed by atoms with Crippen LogP contribution in [-0.4, -0.2) is 25.0 Å². The molecule has 0 atom stereocenters. The molecule has 1 saturated carbocycles. The molecule has 1 aliphatic rings. The van der Waals surface area contributed by atoms with Gasteiger partial charge in [-0.1, -0.05) is 17.7 Å². The van der Waals surface area contributed by atoms with Crippen LogP contribution in [0.1, 0.15) is 38.4 Å². The first kappa shape index (κ1) is 19.8. The number of methoxy groups -OCH3 is 1. The third-order valence-corrected chi connectivity index (χ3v) is 6.15. The summed E-state index contributed by atoms with van der Waals surface area (Å²) in [5.74, 6) is -0.999. The molecular weight excluding hydrogens is 415 g/mol. The minimum Gasteiger partial charge on any atom is -0.380 e. The van der Waals surface area contributed by atoms with E-state index in [9.17, 15) is 14.0 Å². The van der Waals surface area contributed by atoms with Crippen molar-refractivity contribution in [3.63, 3.8) is 0 Å². The monoisotopic (exact) mass is 432 g/mol. The Bertz CT molecular complexity index is 1110. The van der Waals surface area contributed by atoms with Crippen molar-refractivity contribution in [2.24, 2.45) is 0 Å². The fourth-order valence-corrected chi connectivity index (χ4v) is 4.47. The van der Waals surface area contributed by atoms with Crippen LogP contribution < -0.4 is 10.6 Å². The normalized spacial score (nSPS) is 13.5. The maximum Gasteiger partial charge on any atom is 0.266 e. The number of rotatable bonds is 6. The number of nitrogens with one attached hydrogen (secondary N) is 2. The number of carbonyl (C=O) groups is 2. The van der Waals surface area contributed by atoms with Gasteiger partial charge in [-0.15, -0.1) is 11.3 Å². The number of thiophene rings is 1. The van der Waals surface area contributed by atoms with Gasteiger partial charge in [0.15, 0.2) is 0 Å². The van der Waals surface area contributed by atoms with Gasteiger partial charge in [0, 0.05) is 34.5 Å². The van der Waals surface area contributed by atoms with E-state index in [0.717, 1.165) is 12.8 Å². The molecule has 1 heterocycles. The highest BCUT2D eigenvalue weighted by Gasteiger charge is 2.25. The highest BCUT2D eigenvalue weighted by molar-refractivity contribution is 7.21. The fourth-order valence-electron chi connectivity index (χ4n) is 3.09. The molecule has 0 spiro atoms. The molecule has 1 fully saturated rings. The van der Waals surface area contributed by atoms with Crippen LogP contribution in [0.5, 0.6) is 0 Å². The lowest BCUT2D eigenvalue weighted by Gasteiger charge is -2.09. The first-order valence-electron chi connectivity index (χ1n) is 9.08. The summed E-state index contributed by atoms with van der Waals surface area (Å²) in [4.78, 5) is 25.4. The summed E-state index contributed by atoms with van der Waals surface area (Å²) >= 11 is 7.45. The van der Waals surface area contributed by atoms with Crippen molar-refractivity contribution in [3.05, 3.63) is 63.2 Å². The van der Waals surface area contributed by atoms with Crippen LogP contribution >= 0.6 is 22.9 Å². The zero-order valence-corrected chi connectivity index (χ0v) is 17.1. The zero-order valence-electron chi connectivity index (χ0n) is 15.6. The summed E-state index contributed by atoms with van der Waals surface area (Å²) in [6.45, 7) is 0.116. The molecule has 1 aromatic heterocycles. The molecule has 4 rings (SSSR count). The predicted molar refractivity (Wildman–Crippen MR) is 112 cm³/mol. The molecule has 8 heteroatoms. The van der Waals surface area contributed by atoms with Gasteiger partial charge in [-0.3, -0.25) is 9.59 Å². The van der Waals surface area contributed by atoms with Crippen LogP contribution in [-0.2, 0) is 11.3 Å². The number of anilines is 1. The van der Waals surface area contributed by atoms with E-state index in [-0.39, 0.29) is 35.3 Å². The van der Waals surface area contributed by atoms with Crippen LogP contribution in [0.3, 0.4) is 0 Å². The average Bonchev–Trinajstić information content (AvgIpc) is 3.41. The maximum atomic E-state index is 14.3. The minimum atomic E-state index is -0.390. The van der Waals surface area contributed by atoms with E-state index in [2.05, 4.69) is 10.6 Å². The molecule has 2 N–H and O–H groups in total. The summed E-state index contributed by atoms with van der Waals surface area (Å²) < 4.78 is 20.2. The minimum absolute atomic E-state index is 0.116. The molecule has 5 nitrogen and oxygen atoms in total. The van der Waals surface area contributed by atoms with Crippen molar-refractivity contribution in [1.82, 2.24) is 5.32 Å². The molecule has 0 aliphatic heterocycles. The van der Waals surface area contributed by atoms with Crippen LogP contribution in [0, 0.1) is 5.82 Å². The number of benzene rings is 2. The molecule has 0 bridgehead atoms. The van der Waals surface area contributed by atoms with E-state index in [0.29, 0.717) is 31.8 Å². The van der Waals surface area contributed by atoms with Gasteiger partial charge in [0.2, 0.25) is 0 Å². The van der Waals surface area contributed by atoms with Crippen molar-refractivity contribution in [3.8, 4) is 0 Å². The molecule has 29 heavy (non-hydrogen) atoms. The molecule has 150 valence electrons. The van der Waals surface area contributed by atoms with E-state index in [1.165, 1.54) is 30.6 Å². The number of ether oxygens (including phenoxy) is 1. The van der Waals surface area contributed by atoms with Crippen LogP contribution in [0.4, 0.5) is 10.1 Å². The summed E-state index contributed by atoms with van der Waals surface area (Å²) in [6.07, 6.45) is 1.97. The van der Waals surface area contributed by atoms with Gasteiger partial charge < -0.3 is 15.4 Å². The Balaban J connectivity index is 1.59. The second kappa shape index (κ2) is 8.10. The number of amides is 2. The van der Waals surface area contributed by atoms with Gasteiger partial charge in [0.05, 0.1) is 22.1 Å². The maximum absolute atomic E-state index is 14.3. The van der Waals surface area contributed by atoms with Crippen molar-refractivity contribution in [2.75, 3.05) is 12.4 Å². The van der Waals surface area contributed by atoms with Crippen molar-refractivity contribution in [1.29, 1.82) is 0 Å². The van der Waals surface area contributed by atoms with Gasteiger partial charge in [-0.2, -0.15) is 0 Å². The highest BCUT2D eigenvalue weighted by atomic mass is 35.5. The second-order valence-electron chi connectivity index (χ2n) is 6.85. The van der Waals surface area contributed by atoms with Gasteiger partial charge in [0.1, 0.15) is 5.82 Å². The topological polar surface area (TPSA) is 67.4 Å². The summed E-state index contributed by atoms with van der Waals surface area (Å²) in [6, 6.07) is 9.70. The van der Waals surface area contributed by atoms with E-state index in [1.54, 1.807) is 24.3 Å². The van der Waals surface area contributed by atoms with Crippen LogP contribution in [0.25, 0.3) is 10.1 Å². The number of hydrogen-bond donors (Lipinski definition) is 2. The lowest BCUT2D eigenvalue weighted by molar-refractivity contribution is 0.0950. The number of carbonyl (C=O) groups excluding carboxylic acids is 2. The Morgan fingerprint density at radius 3 is 2.72 bits per heavy atom. The molecule has 2 aromatic carbocycles. The standard InChI is InChI=1S/C21H18ClFN2O3S/c1-28-10-14-18-16(23)3-2-4-17(18)29-19(14)21(27)25-12-7-8-13(15(22)9-12)20(26)24-11-5-6-11/h2-4,7-9,11H,5-6,10H2,1H3,(H,24,26)(H,25,27). The molecule has 0 saturated heterocycles. The molecule has 0 unspecified atom stereocenters. The molecule has 2 amide bonds. The lowest BCUT2D eigenvalue weighted by Crippen LogP contribution is -2.25. The lowest BCUT2D eigenvalue weighted by atomic mass is 10.1. The van der Waals surface area contributed by atoms with Crippen molar-refractivity contribution >= 4 is 50.5 Å². The fraction of sp³-hybridized carbons (Fsp3) is 0.238. The van der Waals surface area contributed by atoms with Crippen LogP contribution in [0.15, 0.2) is 36.4 Å². The van der Waals surface area contributed by atoms with E-state index in [1.807, 2.05) is 0 Å². The first-order chi connectivity index (χ1) is 14.0. The largest absolute Gasteiger partial charge is 0.380 e. The van der Waals surface area contributed by atoms with Crippen molar-refractivity contribution < 1.29 is 18.7 Å². The number of halogens is 2. The van der Waals surface area contributed by atoms with Gasteiger partial charge in [-0.05, 0) is 43.2 Å². The second-order valence-corrected chi connectivity index (χ2v) is 8.31. The SMILES string of the molecule is COCc1c(C(=O)Nc2ccc(C(=O)NC3CC3)c(Cl)c2)sc2cccc(F)c12. The molecular formula is C21H18ClFN2O3S. The van der Waals surface area contributed by atoms with E-state index >= 15 is 0 Å². The van der Waals surface area contributed by atoms with E-state index in [4.69, 9.17) is 16.3 Å². The number of hydrogen-bond acceptors (Lipinski definition) is 4. The van der Waals surface area contributed by atoms with E-state index < -0.39 is 0 Å². The molecule has 1 aliphatic carbocycles. The Kier molecular flexibility index (Phi) is 5.54. The molecule has 3 aromatic rings. The van der Waals surface area contributed by atoms with Gasteiger partial charge >= 0.3 is 0 Å². The summed E-state index contributed by atoms with van der Waals surface area (Å²) in [5, 5.41) is 6.30. The third kappa shape index (κ3) is 4.12. The average molecular weight is 433 g/mol. The Morgan fingerprint density at radius 1 is 1.24 bits per heavy atom. The van der Waals surface area contributed by atoms with Gasteiger partial charge in [-0.25, -0.2) is 4.39 Å². The quantitative estimate of drug-likeness (QED) is 0.577. The summed E-state index contributed by atoms with van der Waals surface area (Å²) in [5.41, 5.74) is 1.32. The Labute approximate surface area is 175 Å². The van der Waals surface area contributed by atoms with Crippen LogP contribution in [0.2, 0.25) is 5.02 Å². The third-order valence-electron chi connectivity index (χ3n) is 4.64. The first-order valence-corrected chi connectivity index (χ1v) is 10.3. The highest BCUT2D eigenvalue weighted by Crippen LogP contribution is 2.34.